The number of nitrogens with zero attached hydrogens (tertiary/aromatic N) is 2. The van der Waals surface area contributed by atoms with Crippen LogP contribution in [-0.4, -0.2) is 91.0 Å². The second-order valence-corrected chi connectivity index (χ2v) is 8.54. The minimum absolute atomic E-state index is 0.00441. The van der Waals surface area contributed by atoms with Crippen LogP contribution < -0.4 is 0 Å². The second kappa shape index (κ2) is 8.70. The normalized spacial score (nSPS) is 15.9. The molecule has 9 nitrogen and oxygen atoms in total. The highest BCUT2D eigenvalue weighted by Gasteiger charge is 2.28. The maximum Gasteiger partial charge on any atom is 0.323 e. The molecule has 1 aliphatic heterocycles. The zero-order valence-electron chi connectivity index (χ0n) is 13.8. The molecule has 0 radical (unpaired) electrons. The number of rotatable bonds is 8. The van der Waals surface area contributed by atoms with Crippen molar-refractivity contribution in [1.29, 1.82) is 0 Å². The average Bonchev–Trinajstić information content (AvgIpc) is 3.09. The number of sulfonamides is 1. The Kier molecular flexibility index (Phi) is 6.87. The third-order valence-electron chi connectivity index (χ3n) is 3.67. The lowest BCUT2D eigenvalue weighted by atomic mass is 10.3. The molecule has 0 bridgehead atoms. The summed E-state index contributed by atoms with van der Waals surface area (Å²) in [4.78, 5) is 27.1. The van der Waals surface area contributed by atoms with Crippen molar-refractivity contribution in [2.24, 2.45) is 0 Å². The molecule has 0 atom stereocenters. The molecule has 2 heterocycles. The third-order valence-corrected chi connectivity index (χ3v) is 6.49. The van der Waals surface area contributed by atoms with Crippen molar-refractivity contribution in [3.8, 4) is 0 Å². The summed E-state index contributed by atoms with van der Waals surface area (Å²) in [7, 11) is -2.22. The van der Waals surface area contributed by atoms with E-state index in [0.29, 0.717) is 13.1 Å². The Morgan fingerprint density at radius 2 is 2.08 bits per heavy atom. The molecule has 0 unspecified atom stereocenters. The first-order chi connectivity index (χ1) is 11.9. The number of aromatic amines is 1. The SMILES string of the molecule is COCCN(CC(=O)O)C(=O)c1cc(S(=O)(=O)N2CCSCC2)c[nH]1. The van der Waals surface area contributed by atoms with E-state index in [1.807, 2.05) is 0 Å². The van der Waals surface area contributed by atoms with E-state index in [-0.39, 0.29) is 23.7 Å². The number of carbonyl (C=O) groups excluding carboxylic acids is 1. The van der Waals surface area contributed by atoms with Gasteiger partial charge < -0.3 is 19.7 Å². The predicted molar refractivity (Wildman–Crippen MR) is 92.3 cm³/mol. The Morgan fingerprint density at radius 3 is 2.68 bits per heavy atom. The van der Waals surface area contributed by atoms with Gasteiger partial charge in [0.1, 0.15) is 17.1 Å². The fourth-order valence-corrected chi connectivity index (χ4v) is 4.94. The molecule has 1 fully saturated rings. The quantitative estimate of drug-likeness (QED) is 0.636. The number of carboxylic acid groups (broad SMARTS) is 1. The zero-order valence-corrected chi connectivity index (χ0v) is 15.4. The topological polar surface area (TPSA) is 120 Å². The summed E-state index contributed by atoms with van der Waals surface area (Å²) in [5.41, 5.74) is 0.0299. The minimum atomic E-state index is -3.66. The Labute approximate surface area is 150 Å². The van der Waals surface area contributed by atoms with Crippen LogP contribution in [0.3, 0.4) is 0 Å². The third kappa shape index (κ3) is 4.97. The number of ether oxygens (including phenoxy) is 1. The number of nitrogens with one attached hydrogen (secondary N) is 1. The molecular weight excluding hydrogens is 370 g/mol. The van der Waals surface area contributed by atoms with Crippen LogP contribution in [0.4, 0.5) is 0 Å². The van der Waals surface area contributed by atoms with Crippen LogP contribution in [0.2, 0.25) is 0 Å². The Balaban J connectivity index is 2.17. The summed E-state index contributed by atoms with van der Waals surface area (Å²) in [6.07, 6.45) is 1.26. The number of hydrogen-bond acceptors (Lipinski definition) is 6. The molecule has 0 spiro atoms. The lowest BCUT2D eigenvalue weighted by molar-refractivity contribution is -0.137. The monoisotopic (exact) mass is 391 g/mol. The first-order valence-corrected chi connectivity index (χ1v) is 10.2. The summed E-state index contributed by atoms with van der Waals surface area (Å²) in [5, 5.41) is 8.93. The van der Waals surface area contributed by atoms with Crippen molar-refractivity contribution in [1.82, 2.24) is 14.2 Å². The van der Waals surface area contributed by atoms with Crippen molar-refractivity contribution in [2.75, 3.05) is 51.4 Å². The van der Waals surface area contributed by atoms with E-state index in [0.717, 1.165) is 16.4 Å². The van der Waals surface area contributed by atoms with Crippen LogP contribution in [-0.2, 0) is 19.6 Å². The Hall–Kier alpha value is -1.56. The number of amides is 1. The standard InChI is InChI=1S/C14H21N3O6S2/c1-23-5-2-16(10-13(18)19)14(20)12-8-11(9-15-12)25(21,22)17-3-6-24-7-4-17/h8-9,15H,2-7,10H2,1H3,(H,18,19). The van der Waals surface area contributed by atoms with Gasteiger partial charge in [-0.1, -0.05) is 0 Å². The van der Waals surface area contributed by atoms with Crippen molar-refractivity contribution in [3.63, 3.8) is 0 Å². The van der Waals surface area contributed by atoms with Crippen LogP contribution in [0.1, 0.15) is 10.5 Å². The van der Waals surface area contributed by atoms with E-state index >= 15 is 0 Å². The van der Waals surface area contributed by atoms with Crippen LogP contribution in [0.5, 0.6) is 0 Å². The van der Waals surface area contributed by atoms with Gasteiger partial charge in [0.15, 0.2) is 0 Å². The second-order valence-electron chi connectivity index (χ2n) is 5.38. The van der Waals surface area contributed by atoms with Crippen LogP contribution in [0, 0.1) is 0 Å². The summed E-state index contributed by atoms with van der Waals surface area (Å²) < 4.78 is 31.5. The predicted octanol–water partition coefficient (Wildman–Crippen LogP) is -0.0746. The number of aromatic nitrogens is 1. The van der Waals surface area contributed by atoms with E-state index in [9.17, 15) is 18.0 Å². The maximum atomic E-state index is 12.6. The smallest absolute Gasteiger partial charge is 0.323 e. The van der Waals surface area contributed by atoms with Gasteiger partial charge in [0, 0.05) is 44.4 Å². The number of carboxylic acids is 1. The van der Waals surface area contributed by atoms with Gasteiger partial charge >= 0.3 is 5.97 Å². The lowest BCUT2D eigenvalue weighted by Gasteiger charge is -2.25. The molecule has 1 aromatic rings. The fraction of sp³-hybridized carbons (Fsp3) is 0.571. The lowest BCUT2D eigenvalue weighted by Crippen LogP contribution is -2.38. The number of carbonyl (C=O) groups is 2. The average molecular weight is 391 g/mol. The zero-order chi connectivity index (χ0) is 18.4. The molecule has 140 valence electrons. The van der Waals surface area contributed by atoms with E-state index in [1.54, 1.807) is 11.8 Å². The summed E-state index contributed by atoms with van der Waals surface area (Å²) in [5.74, 6) is -0.276. The number of thioether (sulfide) groups is 1. The van der Waals surface area contributed by atoms with Crippen molar-refractivity contribution < 1.29 is 27.9 Å². The summed E-state index contributed by atoms with van der Waals surface area (Å²) in [6, 6.07) is 1.25. The molecule has 1 aromatic heterocycles. The first-order valence-electron chi connectivity index (χ1n) is 7.62. The molecule has 0 saturated carbocycles. The van der Waals surface area contributed by atoms with E-state index in [2.05, 4.69) is 4.98 Å². The molecule has 25 heavy (non-hydrogen) atoms. The van der Waals surface area contributed by atoms with Crippen molar-refractivity contribution >= 4 is 33.7 Å². The molecule has 1 saturated heterocycles. The minimum Gasteiger partial charge on any atom is -0.480 e. The van der Waals surface area contributed by atoms with E-state index in [4.69, 9.17) is 9.84 Å². The molecule has 2 N–H and O–H groups in total. The maximum absolute atomic E-state index is 12.6. The van der Waals surface area contributed by atoms with Crippen molar-refractivity contribution in [2.45, 2.75) is 4.90 Å². The Bertz CT molecular complexity index is 712. The highest BCUT2D eigenvalue weighted by molar-refractivity contribution is 7.99. The van der Waals surface area contributed by atoms with E-state index < -0.39 is 28.4 Å². The molecule has 0 aromatic carbocycles. The molecule has 11 heteroatoms. The molecule has 1 aliphatic rings. The summed E-state index contributed by atoms with van der Waals surface area (Å²) in [6.45, 7) is 0.635. The summed E-state index contributed by atoms with van der Waals surface area (Å²) >= 11 is 1.70. The van der Waals surface area contributed by atoms with Gasteiger partial charge in [-0.25, -0.2) is 8.42 Å². The van der Waals surface area contributed by atoms with Gasteiger partial charge in [-0.2, -0.15) is 16.1 Å². The van der Waals surface area contributed by atoms with Gasteiger partial charge in [-0.05, 0) is 6.07 Å². The van der Waals surface area contributed by atoms with Crippen LogP contribution in [0.25, 0.3) is 0 Å². The number of aliphatic carboxylic acids is 1. The highest BCUT2D eigenvalue weighted by atomic mass is 32.2. The van der Waals surface area contributed by atoms with Crippen molar-refractivity contribution in [3.05, 3.63) is 18.0 Å². The molecule has 2 rings (SSSR count). The van der Waals surface area contributed by atoms with E-state index in [1.165, 1.54) is 23.7 Å². The van der Waals surface area contributed by atoms with Gasteiger partial charge in [0.25, 0.3) is 5.91 Å². The number of H-pyrrole nitrogens is 1. The van der Waals surface area contributed by atoms with Gasteiger partial charge in [-0.3, -0.25) is 9.59 Å². The number of hydrogen-bond donors (Lipinski definition) is 2. The van der Waals surface area contributed by atoms with Gasteiger partial charge in [0.05, 0.1) is 6.61 Å². The molecule has 0 aliphatic carbocycles. The fourth-order valence-electron chi connectivity index (χ4n) is 2.37. The van der Waals surface area contributed by atoms with Gasteiger partial charge in [-0.15, -0.1) is 0 Å². The molecule has 1 amide bonds. The largest absolute Gasteiger partial charge is 0.480 e. The van der Waals surface area contributed by atoms with Gasteiger partial charge in [0.2, 0.25) is 10.0 Å². The Morgan fingerprint density at radius 1 is 1.40 bits per heavy atom. The van der Waals surface area contributed by atoms with Crippen LogP contribution >= 0.6 is 11.8 Å². The number of methoxy groups -OCH3 is 1. The molecular formula is C14H21N3O6S2. The van der Waals surface area contributed by atoms with Crippen LogP contribution in [0.15, 0.2) is 17.2 Å². The first kappa shape index (κ1) is 19.8. The highest BCUT2D eigenvalue weighted by Crippen LogP contribution is 2.21.